The summed E-state index contributed by atoms with van der Waals surface area (Å²) in [4.78, 5) is 43.4. The van der Waals surface area contributed by atoms with Crippen LogP contribution >= 0.6 is 0 Å². The van der Waals surface area contributed by atoms with Crippen molar-refractivity contribution in [1.29, 1.82) is 0 Å². The molecule has 3 aliphatic rings. The molecule has 8 heteroatoms. The summed E-state index contributed by atoms with van der Waals surface area (Å²) in [6.07, 6.45) is 3.22. The highest BCUT2D eigenvalue weighted by atomic mass is 16.5. The number of aliphatic carboxylic acids is 1. The summed E-state index contributed by atoms with van der Waals surface area (Å²) in [6.45, 7) is 16.0. The molecule has 2 bridgehead atoms. The highest BCUT2D eigenvalue weighted by molar-refractivity contribution is 5.98. The van der Waals surface area contributed by atoms with Crippen molar-refractivity contribution in [3.8, 4) is 0 Å². The van der Waals surface area contributed by atoms with Gasteiger partial charge in [-0.1, -0.05) is 33.8 Å². The Morgan fingerprint density at radius 2 is 1.97 bits per heavy atom. The summed E-state index contributed by atoms with van der Waals surface area (Å²) in [5.41, 5.74) is -1.78. The Kier molecular flexibility index (Phi) is 6.77. The van der Waals surface area contributed by atoms with E-state index in [1.165, 1.54) is 4.90 Å². The number of likely N-dealkylation sites (tertiary alicyclic amines) is 1. The monoisotopic (exact) mass is 464 g/mol. The van der Waals surface area contributed by atoms with Crippen molar-refractivity contribution in [2.45, 2.75) is 96.6 Å². The molecule has 1 spiro atoms. The number of fused-ring (bicyclic) bond motifs is 1. The van der Waals surface area contributed by atoms with Crippen LogP contribution in [0.15, 0.2) is 12.7 Å². The van der Waals surface area contributed by atoms with Crippen LogP contribution in [-0.4, -0.2) is 80.3 Å². The summed E-state index contributed by atoms with van der Waals surface area (Å²) < 4.78 is 6.27. The number of ether oxygens (including phenoxy) is 1. The lowest BCUT2D eigenvalue weighted by molar-refractivity contribution is -0.156. The fourth-order valence-corrected chi connectivity index (χ4v) is 6.76. The third-order valence-electron chi connectivity index (χ3n) is 7.60. The number of carbonyl (C=O) groups excluding carboxylic acids is 2. The van der Waals surface area contributed by atoms with Crippen LogP contribution in [0.25, 0.3) is 0 Å². The van der Waals surface area contributed by atoms with Crippen molar-refractivity contribution in [1.82, 2.24) is 9.80 Å². The Morgan fingerprint density at radius 3 is 2.45 bits per heavy atom. The van der Waals surface area contributed by atoms with Crippen molar-refractivity contribution < 1.29 is 29.3 Å². The number of aliphatic hydroxyl groups excluding tert-OH is 1. The van der Waals surface area contributed by atoms with Gasteiger partial charge in [0.25, 0.3) is 0 Å². The summed E-state index contributed by atoms with van der Waals surface area (Å²) >= 11 is 0. The van der Waals surface area contributed by atoms with Gasteiger partial charge in [-0.05, 0) is 44.9 Å². The molecule has 0 aromatic carbocycles. The van der Waals surface area contributed by atoms with Gasteiger partial charge >= 0.3 is 5.97 Å². The first-order chi connectivity index (χ1) is 15.3. The number of hydrogen-bond donors (Lipinski definition) is 2. The Balaban J connectivity index is 2.11. The van der Waals surface area contributed by atoms with E-state index in [9.17, 15) is 24.6 Å². The smallest absolute Gasteiger partial charge is 0.310 e. The van der Waals surface area contributed by atoms with Gasteiger partial charge < -0.3 is 24.7 Å². The zero-order chi connectivity index (χ0) is 24.9. The zero-order valence-electron chi connectivity index (χ0n) is 20.8. The molecule has 0 aliphatic carbocycles. The molecule has 3 rings (SSSR count). The Bertz CT molecular complexity index is 814. The number of hydrogen-bond acceptors (Lipinski definition) is 5. The van der Waals surface area contributed by atoms with Gasteiger partial charge in [-0.2, -0.15) is 0 Å². The first kappa shape index (κ1) is 25.7. The summed E-state index contributed by atoms with van der Waals surface area (Å²) in [5, 5.41) is 20.0. The quantitative estimate of drug-likeness (QED) is 0.508. The highest BCUT2D eigenvalue weighted by Crippen LogP contribution is 2.59. The molecule has 2 N–H and O–H groups in total. The molecule has 0 saturated carbocycles. The van der Waals surface area contributed by atoms with Gasteiger partial charge in [0, 0.05) is 12.1 Å². The summed E-state index contributed by atoms with van der Waals surface area (Å²) in [5.74, 6) is -3.62. The third kappa shape index (κ3) is 4.09. The van der Waals surface area contributed by atoms with E-state index < -0.39 is 53.0 Å². The van der Waals surface area contributed by atoms with Crippen molar-refractivity contribution in [2.75, 3.05) is 13.2 Å². The van der Waals surface area contributed by atoms with Crippen molar-refractivity contribution >= 4 is 17.8 Å². The number of rotatable bonds is 9. The van der Waals surface area contributed by atoms with Crippen LogP contribution in [0.5, 0.6) is 0 Å². The maximum Gasteiger partial charge on any atom is 0.310 e. The average molecular weight is 465 g/mol. The Morgan fingerprint density at radius 1 is 1.33 bits per heavy atom. The average Bonchev–Trinajstić information content (AvgIpc) is 3.32. The van der Waals surface area contributed by atoms with Crippen LogP contribution in [0.1, 0.15) is 67.2 Å². The molecule has 8 nitrogen and oxygen atoms in total. The minimum Gasteiger partial charge on any atom is -0.481 e. The van der Waals surface area contributed by atoms with Crippen molar-refractivity contribution in [3.05, 3.63) is 12.7 Å². The van der Waals surface area contributed by atoms with Crippen LogP contribution in [0.3, 0.4) is 0 Å². The number of carbonyl (C=O) groups is 3. The predicted octanol–water partition coefficient (Wildman–Crippen LogP) is 2.45. The first-order valence-electron chi connectivity index (χ1n) is 12.0. The topological polar surface area (TPSA) is 107 Å². The van der Waals surface area contributed by atoms with E-state index in [0.717, 1.165) is 6.42 Å². The summed E-state index contributed by atoms with van der Waals surface area (Å²) in [6, 6.07) is -1.56. The third-order valence-corrected chi connectivity index (χ3v) is 7.60. The number of carboxylic acids is 1. The van der Waals surface area contributed by atoms with Crippen LogP contribution in [0, 0.1) is 17.3 Å². The van der Waals surface area contributed by atoms with Crippen LogP contribution in [0.4, 0.5) is 0 Å². The molecule has 33 heavy (non-hydrogen) atoms. The number of aliphatic hydroxyl groups is 1. The van der Waals surface area contributed by atoms with E-state index in [-0.39, 0.29) is 17.9 Å². The van der Waals surface area contributed by atoms with Crippen molar-refractivity contribution in [3.63, 3.8) is 0 Å². The maximum absolute atomic E-state index is 14.3. The summed E-state index contributed by atoms with van der Waals surface area (Å²) in [7, 11) is 0. The van der Waals surface area contributed by atoms with E-state index in [0.29, 0.717) is 25.8 Å². The lowest BCUT2D eigenvalue weighted by Gasteiger charge is -2.46. The van der Waals surface area contributed by atoms with Gasteiger partial charge in [0.2, 0.25) is 11.8 Å². The Labute approximate surface area is 196 Å². The zero-order valence-corrected chi connectivity index (χ0v) is 20.8. The van der Waals surface area contributed by atoms with E-state index in [2.05, 4.69) is 27.4 Å². The number of carboxylic acid groups (broad SMARTS) is 1. The molecular formula is C25H40N2O6. The Hall–Kier alpha value is -1.93. The molecule has 3 fully saturated rings. The first-order valence-corrected chi connectivity index (χ1v) is 12.0. The van der Waals surface area contributed by atoms with Crippen LogP contribution in [-0.2, 0) is 19.1 Å². The number of nitrogens with zero attached hydrogens (tertiary/aromatic N) is 2. The SMILES string of the molecule is C=CCN(C(=O)[C@@H]1N([C@@H](CC)CO)C(=O)[C@H]2[C@H](C(=O)O)[C@@H]3CC[C@]12O3)C(C)(C)CC(C)(C)C. The molecular weight excluding hydrogens is 424 g/mol. The highest BCUT2D eigenvalue weighted by Gasteiger charge is 2.75. The second kappa shape index (κ2) is 8.69. The van der Waals surface area contributed by atoms with Gasteiger partial charge in [0.15, 0.2) is 0 Å². The van der Waals surface area contributed by atoms with Crippen LogP contribution in [0.2, 0.25) is 0 Å². The van der Waals surface area contributed by atoms with Crippen LogP contribution < -0.4 is 0 Å². The molecule has 3 aliphatic heterocycles. The molecule has 0 aromatic heterocycles. The van der Waals surface area contributed by atoms with Crippen molar-refractivity contribution in [2.24, 2.45) is 17.3 Å². The van der Waals surface area contributed by atoms with Gasteiger partial charge in [-0.25, -0.2) is 0 Å². The van der Waals surface area contributed by atoms with Gasteiger partial charge in [-0.3, -0.25) is 14.4 Å². The normalized spacial score (nSPS) is 32.1. The second-order valence-corrected chi connectivity index (χ2v) is 11.7. The van der Waals surface area contributed by atoms with Gasteiger partial charge in [0.1, 0.15) is 11.6 Å². The lowest BCUT2D eigenvalue weighted by atomic mass is 9.70. The van der Waals surface area contributed by atoms with Gasteiger partial charge in [0.05, 0.1) is 30.6 Å². The maximum atomic E-state index is 14.3. The minimum atomic E-state index is -1.18. The predicted molar refractivity (Wildman–Crippen MR) is 123 cm³/mol. The standard InChI is InChI=1S/C25H40N2O6/c1-8-12-26(24(6,7)14-23(3,4)5)21(30)19-25-11-10-16(33-25)17(22(31)32)18(25)20(29)27(19)15(9-2)13-28/h8,15-19,28H,1,9-14H2,2-7H3,(H,31,32)/t15-,16-,17+,18+,19-,25+/m0/s1. The molecule has 186 valence electrons. The largest absolute Gasteiger partial charge is 0.481 e. The molecule has 3 heterocycles. The van der Waals surface area contributed by atoms with E-state index in [1.54, 1.807) is 11.0 Å². The second-order valence-electron chi connectivity index (χ2n) is 11.7. The molecule has 0 unspecified atom stereocenters. The van der Waals surface area contributed by atoms with E-state index in [1.807, 2.05) is 20.8 Å². The minimum absolute atomic E-state index is 0.0526. The molecule has 3 saturated heterocycles. The molecule has 6 atom stereocenters. The molecule has 0 radical (unpaired) electrons. The van der Waals surface area contributed by atoms with E-state index in [4.69, 9.17) is 4.74 Å². The molecule has 2 amide bonds. The fraction of sp³-hybridized carbons (Fsp3) is 0.800. The van der Waals surface area contributed by atoms with Gasteiger partial charge in [-0.15, -0.1) is 6.58 Å². The fourth-order valence-electron chi connectivity index (χ4n) is 6.76. The lowest BCUT2D eigenvalue weighted by Crippen LogP contribution is -2.62. The number of amides is 2. The van der Waals surface area contributed by atoms with E-state index >= 15 is 0 Å². The molecule has 0 aromatic rings.